The fraction of sp³-hybridized carbons (Fsp3) is 0.909. The Morgan fingerprint density at radius 3 is 2.00 bits per heavy atom. The first-order valence-corrected chi connectivity index (χ1v) is 5.31. The summed E-state index contributed by atoms with van der Waals surface area (Å²) in [6.07, 6.45) is 3.57. The number of carbonyl (C=O) groups is 1. The van der Waals surface area contributed by atoms with E-state index in [1.165, 1.54) is 6.42 Å². The van der Waals surface area contributed by atoms with Crippen LogP contribution in [0.5, 0.6) is 0 Å². The second-order valence-corrected chi connectivity index (χ2v) is 3.89. The minimum Gasteiger partial charge on any atom is -0.320 e. The third kappa shape index (κ3) is 5.04. The van der Waals surface area contributed by atoms with Gasteiger partial charge in [0.25, 0.3) is 0 Å². The standard InChI is InChI=1S/C8H14O.C3H9N/c1-6(2)8(9)7-4-3-5-7;1-3-4-2/h6-7H,3-5H2,1-2H3;4H,3H2,1-2H3. The van der Waals surface area contributed by atoms with Crippen molar-refractivity contribution in [1.29, 1.82) is 0 Å². The van der Waals surface area contributed by atoms with E-state index in [4.69, 9.17) is 0 Å². The third-order valence-corrected chi connectivity index (χ3v) is 2.43. The van der Waals surface area contributed by atoms with Crippen LogP contribution in [0.2, 0.25) is 0 Å². The van der Waals surface area contributed by atoms with E-state index in [2.05, 4.69) is 12.2 Å². The Kier molecular flexibility index (Phi) is 6.87. The maximum Gasteiger partial charge on any atom is 0.138 e. The van der Waals surface area contributed by atoms with Gasteiger partial charge in [-0.3, -0.25) is 4.79 Å². The number of hydrogen-bond donors (Lipinski definition) is 1. The van der Waals surface area contributed by atoms with E-state index in [0.717, 1.165) is 19.4 Å². The van der Waals surface area contributed by atoms with E-state index in [-0.39, 0.29) is 5.92 Å². The van der Waals surface area contributed by atoms with E-state index >= 15 is 0 Å². The zero-order valence-electron chi connectivity index (χ0n) is 9.39. The molecular weight excluding hydrogens is 162 g/mol. The van der Waals surface area contributed by atoms with Crippen molar-refractivity contribution in [3.8, 4) is 0 Å². The summed E-state index contributed by atoms with van der Waals surface area (Å²) in [5.74, 6) is 1.17. The molecule has 0 unspecified atom stereocenters. The fourth-order valence-corrected chi connectivity index (χ4v) is 1.16. The Labute approximate surface area is 82.1 Å². The monoisotopic (exact) mass is 185 g/mol. The maximum atomic E-state index is 11.1. The molecule has 2 nitrogen and oxygen atoms in total. The highest BCUT2D eigenvalue weighted by molar-refractivity contribution is 5.83. The molecule has 1 fully saturated rings. The minimum absolute atomic E-state index is 0.260. The van der Waals surface area contributed by atoms with E-state index in [9.17, 15) is 4.79 Å². The van der Waals surface area contributed by atoms with Gasteiger partial charge in [-0.25, -0.2) is 0 Å². The lowest BCUT2D eigenvalue weighted by Crippen LogP contribution is -2.25. The van der Waals surface area contributed by atoms with Crippen molar-refractivity contribution in [2.75, 3.05) is 13.6 Å². The third-order valence-electron chi connectivity index (χ3n) is 2.43. The van der Waals surface area contributed by atoms with Crippen LogP contribution in [-0.4, -0.2) is 19.4 Å². The summed E-state index contributed by atoms with van der Waals surface area (Å²) in [7, 11) is 1.93. The average molecular weight is 185 g/mol. The lowest BCUT2D eigenvalue weighted by atomic mass is 9.79. The normalized spacial score (nSPS) is 16.1. The SMILES string of the molecule is CC(C)C(=O)C1CCC1.CCNC. The molecular formula is C11H23NO. The summed E-state index contributed by atoms with van der Waals surface area (Å²) >= 11 is 0. The van der Waals surface area contributed by atoms with E-state index < -0.39 is 0 Å². The van der Waals surface area contributed by atoms with Gasteiger partial charge in [-0.2, -0.15) is 0 Å². The molecule has 2 heteroatoms. The van der Waals surface area contributed by atoms with Gasteiger partial charge < -0.3 is 5.32 Å². The largest absolute Gasteiger partial charge is 0.320 e. The molecule has 13 heavy (non-hydrogen) atoms. The lowest BCUT2D eigenvalue weighted by molar-refractivity contribution is -0.128. The maximum absolute atomic E-state index is 11.1. The Morgan fingerprint density at radius 2 is 1.92 bits per heavy atom. The van der Waals surface area contributed by atoms with Crippen LogP contribution in [0, 0.1) is 11.8 Å². The van der Waals surface area contributed by atoms with Gasteiger partial charge in [-0.15, -0.1) is 0 Å². The molecule has 1 saturated carbocycles. The van der Waals surface area contributed by atoms with Crippen molar-refractivity contribution in [3.63, 3.8) is 0 Å². The number of ketones is 1. The molecule has 0 heterocycles. The van der Waals surface area contributed by atoms with Crippen LogP contribution in [0.15, 0.2) is 0 Å². The number of Topliss-reactive ketones (excluding diaryl/α,β-unsaturated/α-hetero) is 1. The van der Waals surface area contributed by atoms with Gasteiger partial charge in [0.2, 0.25) is 0 Å². The van der Waals surface area contributed by atoms with Crippen molar-refractivity contribution in [2.45, 2.75) is 40.0 Å². The molecule has 0 aliphatic heterocycles. The zero-order valence-corrected chi connectivity index (χ0v) is 9.39. The summed E-state index contributed by atoms with van der Waals surface area (Å²) in [6, 6.07) is 0. The highest BCUT2D eigenvalue weighted by atomic mass is 16.1. The van der Waals surface area contributed by atoms with Gasteiger partial charge in [-0.1, -0.05) is 27.2 Å². The molecule has 78 valence electrons. The summed E-state index contributed by atoms with van der Waals surface area (Å²) in [5.41, 5.74) is 0. The van der Waals surface area contributed by atoms with Crippen LogP contribution < -0.4 is 5.32 Å². The van der Waals surface area contributed by atoms with Crippen LogP contribution in [0.25, 0.3) is 0 Å². The summed E-state index contributed by atoms with van der Waals surface area (Å²) < 4.78 is 0. The van der Waals surface area contributed by atoms with Crippen LogP contribution in [0.1, 0.15) is 40.0 Å². The first-order valence-electron chi connectivity index (χ1n) is 5.31. The zero-order chi connectivity index (χ0) is 10.3. The molecule has 0 amide bonds. The highest BCUT2D eigenvalue weighted by Gasteiger charge is 2.26. The molecule has 1 rings (SSSR count). The smallest absolute Gasteiger partial charge is 0.138 e. The number of hydrogen-bond acceptors (Lipinski definition) is 2. The Balaban J connectivity index is 0.000000310. The van der Waals surface area contributed by atoms with Crippen LogP contribution in [-0.2, 0) is 4.79 Å². The number of nitrogens with one attached hydrogen (secondary N) is 1. The van der Waals surface area contributed by atoms with Crippen molar-refractivity contribution in [1.82, 2.24) is 5.32 Å². The highest BCUT2D eigenvalue weighted by Crippen LogP contribution is 2.29. The van der Waals surface area contributed by atoms with E-state index in [1.807, 2.05) is 20.9 Å². The lowest BCUT2D eigenvalue weighted by Gasteiger charge is -2.25. The van der Waals surface area contributed by atoms with Crippen molar-refractivity contribution in [2.24, 2.45) is 11.8 Å². The first-order chi connectivity index (χ1) is 6.13. The number of rotatable bonds is 3. The predicted molar refractivity (Wildman–Crippen MR) is 56.8 cm³/mol. The Hall–Kier alpha value is -0.370. The van der Waals surface area contributed by atoms with E-state index in [1.54, 1.807) is 0 Å². The average Bonchev–Trinajstić information content (AvgIpc) is 2.02. The van der Waals surface area contributed by atoms with Gasteiger partial charge in [0, 0.05) is 11.8 Å². The van der Waals surface area contributed by atoms with Gasteiger partial charge in [0.15, 0.2) is 0 Å². The molecule has 0 aromatic heterocycles. The van der Waals surface area contributed by atoms with Crippen LogP contribution in [0.3, 0.4) is 0 Å². The van der Waals surface area contributed by atoms with Crippen LogP contribution in [0.4, 0.5) is 0 Å². The second-order valence-electron chi connectivity index (χ2n) is 3.89. The van der Waals surface area contributed by atoms with Gasteiger partial charge in [-0.05, 0) is 26.4 Å². The molecule has 0 radical (unpaired) electrons. The van der Waals surface area contributed by atoms with Gasteiger partial charge >= 0.3 is 0 Å². The van der Waals surface area contributed by atoms with Crippen LogP contribution >= 0.6 is 0 Å². The predicted octanol–water partition coefficient (Wildman–Crippen LogP) is 2.24. The van der Waals surface area contributed by atoms with Crippen molar-refractivity contribution >= 4 is 5.78 Å². The Bertz CT molecular complexity index is 137. The number of carbonyl (C=O) groups excluding carboxylic acids is 1. The second kappa shape index (κ2) is 7.07. The Morgan fingerprint density at radius 1 is 1.46 bits per heavy atom. The molecule has 1 aliphatic carbocycles. The molecule has 1 aliphatic rings. The minimum atomic E-state index is 0.260. The fourth-order valence-electron chi connectivity index (χ4n) is 1.16. The molecule has 0 aromatic carbocycles. The topological polar surface area (TPSA) is 29.1 Å². The molecule has 0 spiro atoms. The molecule has 0 bridgehead atoms. The summed E-state index contributed by atoms with van der Waals surface area (Å²) in [6.45, 7) is 7.11. The molecule has 0 saturated heterocycles. The molecule has 1 N–H and O–H groups in total. The van der Waals surface area contributed by atoms with E-state index in [0.29, 0.717) is 11.7 Å². The molecule has 0 aromatic rings. The van der Waals surface area contributed by atoms with Gasteiger partial charge in [0.1, 0.15) is 5.78 Å². The van der Waals surface area contributed by atoms with Crippen molar-refractivity contribution in [3.05, 3.63) is 0 Å². The van der Waals surface area contributed by atoms with Gasteiger partial charge in [0.05, 0.1) is 0 Å². The first kappa shape index (κ1) is 12.6. The summed E-state index contributed by atoms with van der Waals surface area (Å²) in [5, 5.41) is 2.93. The molecule has 0 atom stereocenters. The summed E-state index contributed by atoms with van der Waals surface area (Å²) in [4.78, 5) is 11.1. The van der Waals surface area contributed by atoms with Crippen molar-refractivity contribution < 1.29 is 4.79 Å². The quantitative estimate of drug-likeness (QED) is 0.730.